The van der Waals surface area contributed by atoms with Gasteiger partial charge in [-0.15, -0.1) is 0 Å². The molecular formula is C29H28ClN3O3. The Morgan fingerprint density at radius 3 is 2.33 bits per heavy atom. The van der Waals surface area contributed by atoms with Gasteiger partial charge in [-0.2, -0.15) is 5.10 Å². The van der Waals surface area contributed by atoms with Gasteiger partial charge in [0.2, 0.25) is 0 Å². The van der Waals surface area contributed by atoms with Gasteiger partial charge >= 0.3 is 5.97 Å². The third kappa shape index (κ3) is 5.29. The normalized spacial score (nSPS) is 17.7. The van der Waals surface area contributed by atoms with Crippen molar-refractivity contribution in [3.63, 3.8) is 0 Å². The van der Waals surface area contributed by atoms with Gasteiger partial charge in [-0.05, 0) is 60.4 Å². The Morgan fingerprint density at radius 1 is 0.944 bits per heavy atom. The van der Waals surface area contributed by atoms with Gasteiger partial charge in [-0.1, -0.05) is 66.2 Å². The maximum atomic E-state index is 13.3. The molecule has 3 aromatic carbocycles. The van der Waals surface area contributed by atoms with E-state index in [0.29, 0.717) is 22.6 Å². The molecule has 1 heterocycles. The van der Waals surface area contributed by atoms with Crippen LogP contribution in [-0.2, 0) is 11.3 Å². The fraction of sp³-hybridized carbons (Fsp3) is 0.276. The molecular weight excluding hydrogens is 474 g/mol. The topological polar surface area (TPSA) is 84.2 Å². The number of benzene rings is 3. The number of aliphatic carboxylic acids is 1. The summed E-state index contributed by atoms with van der Waals surface area (Å²) in [5, 5.41) is 18.1. The Balaban J connectivity index is 1.34. The Kier molecular flexibility index (Phi) is 7.05. The molecule has 1 saturated carbocycles. The number of carboxylic acids is 1. The van der Waals surface area contributed by atoms with E-state index < -0.39 is 5.97 Å². The summed E-state index contributed by atoms with van der Waals surface area (Å²) in [5.41, 5.74) is 4.64. The molecule has 1 aliphatic carbocycles. The molecule has 0 atom stereocenters. The molecule has 36 heavy (non-hydrogen) atoms. The van der Waals surface area contributed by atoms with E-state index in [1.807, 2.05) is 22.9 Å². The van der Waals surface area contributed by atoms with E-state index in [0.717, 1.165) is 47.8 Å². The number of carbonyl (C=O) groups excluding carboxylic acids is 1. The van der Waals surface area contributed by atoms with Crippen LogP contribution in [0, 0.1) is 5.92 Å². The van der Waals surface area contributed by atoms with Gasteiger partial charge in [0.1, 0.15) is 0 Å². The Labute approximate surface area is 214 Å². The van der Waals surface area contributed by atoms with Crippen molar-refractivity contribution in [2.24, 2.45) is 5.92 Å². The van der Waals surface area contributed by atoms with Crippen molar-refractivity contribution in [3.8, 4) is 11.1 Å². The minimum Gasteiger partial charge on any atom is -0.481 e. The summed E-state index contributed by atoms with van der Waals surface area (Å²) in [6.07, 6.45) is 5.10. The van der Waals surface area contributed by atoms with Gasteiger partial charge in [0.05, 0.1) is 28.8 Å². The quantitative estimate of drug-likeness (QED) is 0.317. The first kappa shape index (κ1) is 24.1. The summed E-state index contributed by atoms with van der Waals surface area (Å²) < 4.78 is 1.83. The molecule has 0 aliphatic heterocycles. The number of carboxylic acid groups (broad SMARTS) is 1. The number of nitrogens with zero attached hydrogens (tertiary/aromatic N) is 2. The minimum atomic E-state index is -0.756. The smallest absolute Gasteiger partial charge is 0.303 e. The van der Waals surface area contributed by atoms with Crippen LogP contribution in [0.3, 0.4) is 0 Å². The van der Waals surface area contributed by atoms with Crippen molar-refractivity contribution in [2.75, 3.05) is 0 Å². The zero-order valence-corrected chi connectivity index (χ0v) is 20.6. The molecule has 1 fully saturated rings. The van der Waals surface area contributed by atoms with E-state index in [1.54, 1.807) is 18.3 Å². The van der Waals surface area contributed by atoms with Crippen LogP contribution < -0.4 is 5.32 Å². The average Bonchev–Trinajstić information content (AvgIpc) is 3.30. The van der Waals surface area contributed by atoms with Crippen molar-refractivity contribution in [3.05, 3.63) is 89.1 Å². The zero-order valence-electron chi connectivity index (χ0n) is 19.9. The first-order valence-electron chi connectivity index (χ1n) is 12.3. The second kappa shape index (κ2) is 10.5. The average molecular weight is 502 g/mol. The maximum Gasteiger partial charge on any atom is 0.303 e. The largest absolute Gasteiger partial charge is 0.481 e. The third-order valence-electron chi connectivity index (χ3n) is 7.03. The number of amides is 1. The lowest BCUT2D eigenvalue weighted by atomic mass is 9.84. The lowest BCUT2D eigenvalue weighted by molar-refractivity contribution is -0.138. The van der Waals surface area contributed by atoms with Crippen LogP contribution in [0.5, 0.6) is 0 Å². The molecule has 6 nitrogen and oxygen atoms in total. The van der Waals surface area contributed by atoms with Crippen LogP contribution in [0.2, 0.25) is 5.02 Å². The molecule has 0 radical (unpaired) electrons. The standard InChI is InChI=1S/C29H28ClN3O3/c30-26-15-14-24(29(36)32-23-12-8-19(9-13-23)16-27(34)35)28-25(26)17-31-33(28)18-20-6-10-22(11-7-20)21-4-2-1-3-5-21/h1-7,10-11,14-15,17,19,23H,8-9,12-13,16,18H2,(H,32,36)(H,34,35). The van der Waals surface area contributed by atoms with Crippen LogP contribution in [-0.4, -0.2) is 32.8 Å². The zero-order chi connectivity index (χ0) is 25.1. The van der Waals surface area contributed by atoms with Gasteiger partial charge < -0.3 is 10.4 Å². The highest BCUT2D eigenvalue weighted by atomic mass is 35.5. The maximum absolute atomic E-state index is 13.3. The molecule has 5 rings (SSSR count). The molecule has 0 bridgehead atoms. The number of rotatable bonds is 7. The third-order valence-corrected chi connectivity index (χ3v) is 7.36. The van der Waals surface area contributed by atoms with Gasteiger partial charge in [0.25, 0.3) is 5.91 Å². The fourth-order valence-corrected chi connectivity index (χ4v) is 5.30. The van der Waals surface area contributed by atoms with Crippen LogP contribution in [0.15, 0.2) is 72.9 Å². The summed E-state index contributed by atoms with van der Waals surface area (Å²) in [4.78, 5) is 24.3. The number of carbonyl (C=O) groups is 2. The highest BCUT2D eigenvalue weighted by molar-refractivity contribution is 6.36. The lowest BCUT2D eigenvalue weighted by Gasteiger charge is -2.28. The Hall–Kier alpha value is -3.64. The van der Waals surface area contributed by atoms with Crippen molar-refractivity contribution < 1.29 is 14.7 Å². The highest BCUT2D eigenvalue weighted by Crippen LogP contribution is 2.30. The first-order valence-corrected chi connectivity index (χ1v) is 12.7. The highest BCUT2D eigenvalue weighted by Gasteiger charge is 2.25. The first-order chi connectivity index (χ1) is 17.5. The van der Waals surface area contributed by atoms with E-state index in [2.05, 4.69) is 46.8 Å². The second-order valence-corrected chi connectivity index (χ2v) is 9.92. The van der Waals surface area contributed by atoms with Gasteiger partial charge in [-0.25, -0.2) is 0 Å². The number of fused-ring (bicyclic) bond motifs is 1. The van der Waals surface area contributed by atoms with Crippen molar-refractivity contribution in [1.29, 1.82) is 0 Å². The summed E-state index contributed by atoms with van der Waals surface area (Å²) in [7, 11) is 0. The van der Waals surface area contributed by atoms with E-state index in [1.165, 1.54) is 0 Å². The predicted octanol–water partition coefficient (Wildman–Crippen LogP) is 6.17. The number of hydrogen-bond acceptors (Lipinski definition) is 3. The number of hydrogen-bond donors (Lipinski definition) is 2. The SMILES string of the molecule is O=C(O)CC1CCC(NC(=O)c2ccc(Cl)c3cnn(Cc4ccc(-c5ccccc5)cc4)c23)CC1. The molecule has 1 amide bonds. The van der Waals surface area contributed by atoms with E-state index in [4.69, 9.17) is 16.7 Å². The number of halogens is 1. The summed E-state index contributed by atoms with van der Waals surface area (Å²) in [6, 6.07) is 22.1. The molecule has 1 aromatic heterocycles. The van der Waals surface area contributed by atoms with Crippen LogP contribution in [0.25, 0.3) is 22.0 Å². The monoisotopic (exact) mass is 501 g/mol. The van der Waals surface area contributed by atoms with E-state index >= 15 is 0 Å². The Bertz CT molecular complexity index is 1370. The van der Waals surface area contributed by atoms with Crippen LogP contribution in [0.4, 0.5) is 0 Å². The second-order valence-electron chi connectivity index (χ2n) is 9.51. The van der Waals surface area contributed by atoms with Crippen molar-refractivity contribution in [1.82, 2.24) is 15.1 Å². The van der Waals surface area contributed by atoms with Gasteiger partial charge in [-0.3, -0.25) is 14.3 Å². The summed E-state index contributed by atoms with van der Waals surface area (Å²) >= 11 is 6.46. The van der Waals surface area contributed by atoms with Gasteiger partial charge in [0.15, 0.2) is 0 Å². The number of nitrogens with one attached hydrogen (secondary N) is 1. The summed E-state index contributed by atoms with van der Waals surface area (Å²) in [5.74, 6) is -0.721. The van der Waals surface area contributed by atoms with Crippen LogP contribution in [0.1, 0.15) is 48.0 Å². The molecule has 0 spiro atoms. The molecule has 0 saturated heterocycles. The number of aromatic nitrogens is 2. The lowest BCUT2D eigenvalue weighted by Crippen LogP contribution is -2.38. The van der Waals surface area contributed by atoms with Gasteiger partial charge in [0, 0.05) is 17.8 Å². The Morgan fingerprint density at radius 2 is 1.64 bits per heavy atom. The van der Waals surface area contributed by atoms with E-state index in [-0.39, 0.29) is 24.3 Å². The van der Waals surface area contributed by atoms with Crippen molar-refractivity contribution in [2.45, 2.75) is 44.7 Å². The predicted molar refractivity (Wildman–Crippen MR) is 141 cm³/mol. The molecule has 0 unspecified atom stereocenters. The summed E-state index contributed by atoms with van der Waals surface area (Å²) in [6.45, 7) is 0.513. The minimum absolute atomic E-state index is 0.0372. The molecule has 7 heteroatoms. The van der Waals surface area contributed by atoms with Crippen LogP contribution >= 0.6 is 11.6 Å². The molecule has 2 N–H and O–H groups in total. The van der Waals surface area contributed by atoms with E-state index in [9.17, 15) is 9.59 Å². The molecule has 184 valence electrons. The van der Waals surface area contributed by atoms with Crippen molar-refractivity contribution >= 4 is 34.4 Å². The molecule has 1 aliphatic rings. The fourth-order valence-electron chi connectivity index (χ4n) is 5.10. The molecule has 4 aromatic rings.